The number of halogens is 1. The summed E-state index contributed by atoms with van der Waals surface area (Å²) in [6, 6.07) is 5.80. The fraction of sp³-hybridized carbons (Fsp3) is 0.429. The van der Waals surface area contributed by atoms with Gasteiger partial charge in [0.05, 0.1) is 17.8 Å². The first-order chi connectivity index (χ1) is 8.69. The molecule has 2 rings (SSSR count). The number of nitrogens with zero attached hydrogens (tertiary/aromatic N) is 1. The van der Waals surface area contributed by atoms with Crippen LogP contribution in [0.5, 0.6) is 0 Å². The van der Waals surface area contributed by atoms with E-state index in [4.69, 9.17) is 16.3 Å². The van der Waals surface area contributed by atoms with E-state index in [-0.39, 0.29) is 12.4 Å². The Morgan fingerprint density at radius 3 is 2.89 bits per heavy atom. The van der Waals surface area contributed by atoms with Gasteiger partial charge >= 0.3 is 5.97 Å². The Kier molecular flexibility index (Phi) is 4.37. The molecule has 0 bridgehead atoms. The largest absolute Gasteiger partial charge is 0.459 e. The van der Waals surface area contributed by atoms with E-state index in [2.05, 4.69) is 11.9 Å². The third-order valence-corrected chi connectivity index (χ3v) is 3.22. The summed E-state index contributed by atoms with van der Waals surface area (Å²) in [7, 11) is 0. The molecule has 0 saturated carbocycles. The molecule has 0 aliphatic carbocycles. The molecule has 1 heterocycles. The van der Waals surface area contributed by atoms with Gasteiger partial charge in [0, 0.05) is 5.02 Å². The Balaban J connectivity index is 2.11. The van der Waals surface area contributed by atoms with Crippen LogP contribution >= 0.6 is 11.6 Å². The molecule has 1 fully saturated rings. The van der Waals surface area contributed by atoms with Gasteiger partial charge in [0.25, 0.3) is 0 Å². The standard InChI is InChI=1S/C14H16ClNO2/c1-2-3-4-10-5-6-11(7-13(10)15)16-12-8-14(17)18-9-12/h5-7H,2-4,8-9H2,1H3. The van der Waals surface area contributed by atoms with Crippen LogP contribution in [0, 0.1) is 0 Å². The lowest BCUT2D eigenvalue weighted by Gasteiger charge is -2.04. The lowest BCUT2D eigenvalue weighted by Crippen LogP contribution is -1.94. The maximum atomic E-state index is 11.0. The van der Waals surface area contributed by atoms with Crippen LogP contribution in [0.3, 0.4) is 0 Å². The Hall–Kier alpha value is -1.35. The highest BCUT2D eigenvalue weighted by molar-refractivity contribution is 6.31. The number of cyclic esters (lactones) is 1. The minimum atomic E-state index is -0.209. The van der Waals surface area contributed by atoms with Crippen LogP contribution in [0.1, 0.15) is 31.7 Å². The summed E-state index contributed by atoms with van der Waals surface area (Å²) in [6.45, 7) is 2.46. The number of carbonyl (C=O) groups is 1. The topological polar surface area (TPSA) is 38.7 Å². The molecule has 3 nitrogen and oxygen atoms in total. The van der Waals surface area contributed by atoms with E-state index in [1.165, 1.54) is 0 Å². The molecule has 1 aliphatic heterocycles. The molecular weight excluding hydrogens is 250 g/mol. The molecule has 1 aromatic carbocycles. The Labute approximate surface area is 112 Å². The fourth-order valence-electron chi connectivity index (χ4n) is 1.86. The van der Waals surface area contributed by atoms with E-state index >= 15 is 0 Å². The molecule has 0 atom stereocenters. The van der Waals surface area contributed by atoms with Gasteiger partial charge in [-0.3, -0.25) is 9.79 Å². The van der Waals surface area contributed by atoms with E-state index < -0.39 is 0 Å². The summed E-state index contributed by atoms with van der Waals surface area (Å²) >= 11 is 6.21. The summed E-state index contributed by atoms with van der Waals surface area (Å²) < 4.78 is 4.84. The van der Waals surface area contributed by atoms with Crippen LogP contribution in [0.2, 0.25) is 5.02 Å². The molecule has 0 unspecified atom stereocenters. The van der Waals surface area contributed by atoms with Crippen molar-refractivity contribution in [3.8, 4) is 0 Å². The highest BCUT2D eigenvalue weighted by Crippen LogP contribution is 2.25. The molecule has 0 amide bonds. The lowest BCUT2D eigenvalue weighted by atomic mass is 10.1. The molecule has 0 aromatic heterocycles. The van der Waals surface area contributed by atoms with Gasteiger partial charge in [-0.15, -0.1) is 0 Å². The lowest BCUT2D eigenvalue weighted by molar-refractivity contribution is -0.137. The van der Waals surface area contributed by atoms with Crippen molar-refractivity contribution in [2.24, 2.45) is 4.99 Å². The van der Waals surface area contributed by atoms with Crippen molar-refractivity contribution in [3.05, 3.63) is 28.8 Å². The predicted molar refractivity (Wildman–Crippen MR) is 72.7 cm³/mol. The van der Waals surface area contributed by atoms with E-state index in [0.29, 0.717) is 6.61 Å². The number of hydrogen-bond acceptors (Lipinski definition) is 3. The summed E-state index contributed by atoms with van der Waals surface area (Å²) in [5.74, 6) is -0.209. The van der Waals surface area contributed by atoms with Crippen LogP contribution in [-0.4, -0.2) is 18.3 Å². The molecule has 0 spiro atoms. The Bertz CT molecular complexity index is 483. The molecule has 18 heavy (non-hydrogen) atoms. The SMILES string of the molecule is CCCCc1ccc(N=C2COC(=O)C2)cc1Cl. The van der Waals surface area contributed by atoms with E-state index in [1.807, 2.05) is 18.2 Å². The van der Waals surface area contributed by atoms with Gasteiger partial charge in [-0.05, 0) is 30.5 Å². The zero-order valence-electron chi connectivity index (χ0n) is 10.4. The zero-order chi connectivity index (χ0) is 13.0. The fourth-order valence-corrected chi connectivity index (χ4v) is 2.13. The number of unbranched alkanes of at least 4 members (excludes halogenated alkanes) is 1. The van der Waals surface area contributed by atoms with Crippen LogP contribution in [0.15, 0.2) is 23.2 Å². The summed E-state index contributed by atoms with van der Waals surface area (Å²) in [5.41, 5.74) is 2.70. The quantitative estimate of drug-likeness (QED) is 0.779. The van der Waals surface area contributed by atoms with Crippen LogP contribution in [0.4, 0.5) is 5.69 Å². The third-order valence-electron chi connectivity index (χ3n) is 2.87. The first-order valence-corrected chi connectivity index (χ1v) is 6.57. The molecule has 96 valence electrons. The number of carbonyl (C=O) groups excluding carboxylic acids is 1. The number of ether oxygens (including phenoxy) is 1. The van der Waals surface area contributed by atoms with Crippen molar-refractivity contribution in [1.29, 1.82) is 0 Å². The van der Waals surface area contributed by atoms with Crippen molar-refractivity contribution in [2.45, 2.75) is 32.6 Å². The van der Waals surface area contributed by atoms with Crippen molar-refractivity contribution in [2.75, 3.05) is 6.61 Å². The predicted octanol–water partition coefficient (Wildman–Crippen LogP) is 3.70. The number of rotatable bonds is 4. The number of hydrogen-bond donors (Lipinski definition) is 0. The van der Waals surface area contributed by atoms with E-state index in [0.717, 1.165) is 41.2 Å². The maximum Gasteiger partial charge on any atom is 0.312 e. The highest BCUT2D eigenvalue weighted by atomic mass is 35.5. The first kappa shape index (κ1) is 13.1. The number of benzene rings is 1. The Morgan fingerprint density at radius 2 is 2.28 bits per heavy atom. The van der Waals surface area contributed by atoms with Crippen LogP contribution in [0.25, 0.3) is 0 Å². The average molecular weight is 266 g/mol. The second kappa shape index (κ2) is 6.01. The summed E-state index contributed by atoms with van der Waals surface area (Å²) in [6.07, 6.45) is 3.57. The van der Waals surface area contributed by atoms with Crippen molar-refractivity contribution in [1.82, 2.24) is 0 Å². The molecule has 1 saturated heterocycles. The zero-order valence-corrected chi connectivity index (χ0v) is 11.2. The van der Waals surface area contributed by atoms with E-state index in [9.17, 15) is 4.79 Å². The molecule has 1 aliphatic rings. The minimum absolute atomic E-state index is 0.209. The summed E-state index contributed by atoms with van der Waals surface area (Å²) in [4.78, 5) is 15.3. The average Bonchev–Trinajstić information content (AvgIpc) is 2.74. The third kappa shape index (κ3) is 3.33. The molecular formula is C14H16ClNO2. The van der Waals surface area contributed by atoms with Gasteiger partial charge in [-0.1, -0.05) is 31.0 Å². The van der Waals surface area contributed by atoms with Crippen molar-refractivity contribution in [3.63, 3.8) is 0 Å². The van der Waals surface area contributed by atoms with Gasteiger partial charge in [-0.25, -0.2) is 0 Å². The molecule has 0 N–H and O–H groups in total. The number of aliphatic imine (C=N–C) groups is 1. The minimum Gasteiger partial charge on any atom is -0.459 e. The van der Waals surface area contributed by atoms with Crippen molar-refractivity contribution < 1.29 is 9.53 Å². The van der Waals surface area contributed by atoms with Gasteiger partial charge in [0.15, 0.2) is 0 Å². The smallest absolute Gasteiger partial charge is 0.312 e. The molecule has 4 heteroatoms. The van der Waals surface area contributed by atoms with Gasteiger partial charge in [0.2, 0.25) is 0 Å². The first-order valence-electron chi connectivity index (χ1n) is 6.19. The molecule has 0 radical (unpaired) electrons. The van der Waals surface area contributed by atoms with Gasteiger partial charge in [0.1, 0.15) is 6.61 Å². The van der Waals surface area contributed by atoms with Crippen LogP contribution in [-0.2, 0) is 16.0 Å². The monoisotopic (exact) mass is 265 g/mol. The van der Waals surface area contributed by atoms with Gasteiger partial charge < -0.3 is 4.74 Å². The summed E-state index contributed by atoms with van der Waals surface area (Å²) in [5, 5.41) is 0.746. The normalized spacial score (nSPS) is 17.2. The second-order valence-corrected chi connectivity index (χ2v) is 4.80. The maximum absolute atomic E-state index is 11.0. The Morgan fingerprint density at radius 1 is 1.44 bits per heavy atom. The van der Waals surface area contributed by atoms with E-state index in [1.54, 1.807) is 0 Å². The number of aryl methyl sites for hydroxylation is 1. The highest BCUT2D eigenvalue weighted by Gasteiger charge is 2.18. The van der Waals surface area contributed by atoms with Crippen LogP contribution < -0.4 is 0 Å². The second-order valence-electron chi connectivity index (χ2n) is 4.39. The molecule has 1 aromatic rings. The van der Waals surface area contributed by atoms with Crippen molar-refractivity contribution >= 4 is 29.0 Å². The van der Waals surface area contributed by atoms with Gasteiger partial charge in [-0.2, -0.15) is 0 Å². The number of esters is 1.